The summed E-state index contributed by atoms with van der Waals surface area (Å²) in [5, 5.41) is 14.3. The quantitative estimate of drug-likeness (QED) is 0.299. The average Bonchev–Trinajstić information content (AvgIpc) is 3.17. The first-order chi connectivity index (χ1) is 15.2. The number of rotatable bonds is 6. The predicted molar refractivity (Wildman–Crippen MR) is 125 cm³/mol. The van der Waals surface area contributed by atoms with Crippen molar-refractivity contribution in [2.75, 3.05) is 10.0 Å². The van der Waals surface area contributed by atoms with Gasteiger partial charge in [0, 0.05) is 27.9 Å². The van der Waals surface area contributed by atoms with E-state index in [0.29, 0.717) is 21.6 Å². The summed E-state index contributed by atoms with van der Waals surface area (Å²) < 4.78 is 28.5. The van der Waals surface area contributed by atoms with Crippen molar-refractivity contribution in [1.29, 1.82) is 0 Å². The third-order valence-electron chi connectivity index (χ3n) is 4.64. The summed E-state index contributed by atoms with van der Waals surface area (Å²) in [7, 11) is -3.77. The molecule has 0 aliphatic rings. The summed E-state index contributed by atoms with van der Waals surface area (Å²) in [4.78, 5) is 23.7. The monoisotopic (exact) mass is 467 g/mol. The van der Waals surface area contributed by atoms with Crippen molar-refractivity contribution in [2.45, 2.75) is 11.8 Å². The fourth-order valence-electron chi connectivity index (χ4n) is 3.04. The lowest BCUT2D eigenvalue weighted by Gasteiger charge is -2.10. The van der Waals surface area contributed by atoms with Crippen LogP contribution in [0.4, 0.5) is 17.1 Å². The number of hydrogen-bond acceptors (Lipinski definition) is 6. The topological polar surface area (TPSA) is 118 Å². The van der Waals surface area contributed by atoms with Gasteiger partial charge >= 0.3 is 0 Å². The van der Waals surface area contributed by atoms with E-state index in [-0.39, 0.29) is 10.6 Å². The van der Waals surface area contributed by atoms with Crippen molar-refractivity contribution in [3.8, 4) is 0 Å². The van der Waals surface area contributed by atoms with E-state index < -0.39 is 20.9 Å². The molecule has 0 aliphatic carbocycles. The van der Waals surface area contributed by atoms with Crippen LogP contribution in [0.2, 0.25) is 0 Å². The Bertz CT molecular complexity index is 1440. The number of anilines is 2. The Morgan fingerprint density at radius 3 is 2.41 bits per heavy atom. The molecule has 0 atom stereocenters. The molecule has 0 radical (unpaired) electrons. The minimum absolute atomic E-state index is 0.0455. The molecule has 0 saturated heterocycles. The lowest BCUT2D eigenvalue weighted by molar-refractivity contribution is -0.384. The van der Waals surface area contributed by atoms with Gasteiger partial charge in [0.05, 0.1) is 20.4 Å². The summed E-state index contributed by atoms with van der Waals surface area (Å²) >= 11 is 1.21. The van der Waals surface area contributed by atoms with Gasteiger partial charge in [0.15, 0.2) is 0 Å². The Balaban J connectivity index is 1.52. The van der Waals surface area contributed by atoms with E-state index in [1.165, 1.54) is 41.7 Å². The summed E-state index contributed by atoms with van der Waals surface area (Å²) in [6.07, 6.45) is 0. The lowest BCUT2D eigenvalue weighted by Crippen LogP contribution is -2.14. The molecule has 4 rings (SSSR count). The Hall–Kier alpha value is -3.76. The number of fused-ring (bicyclic) bond motifs is 1. The molecule has 4 aromatic rings. The van der Waals surface area contributed by atoms with Crippen molar-refractivity contribution >= 4 is 54.4 Å². The number of benzene rings is 3. The number of nitrogens with one attached hydrogen (secondary N) is 2. The number of hydrogen-bond donors (Lipinski definition) is 2. The van der Waals surface area contributed by atoms with Crippen LogP contribution in [0.3, 0.4) is 0 Å². The zero-order valence-corrected chi connectivity index (χ0v) is 18.4. The molecule has 0 bridgehead atoms. The van der Waals surface area contributed by atoms with E-state index in [9.17, 15) is 23.3 Å². The van der Waals surface area contributed by atoms with Crippen LogP contribution in [0.5, 0.6) is 0 Å². The molecular formula is C22H17N3O5S2. The molecule has 0 aliphatic heterocycles. The Morgan fingerprint density at radius 1 is 0.969 bits per heavy atom. The fraction of sp³-hybridized carbons (Fsp3) is 0.0455. The van der Waals surface area contributed by atoms with Gasteiger partial charge in [-0.2, -0.15) is 0 Å². The van der Waals surface area contributed by atoms with E-state index in [1.54, 1.807) is 42.5 Å². The molecule has 0 unspecified atom stereocenters. The number of aryl methyl sites for hydroxylation is 1. The zero-order valence-electron chi connectivity index (χ0n) is 16.7. The van der Waals surface area contributed by atoms with Crippen LogP contribution < -0.4 is 10.0 Å². The molecule has 0 saturated carbocycles. The number of amides is 1. The largest absolute Gasteiger partial charge is 0.321 e. The molecule has 1 amide bonds. The molecule has 162 valence electrons. The Kier molecular flexibility index (Phi) is 5.64. The third-order valence-corrected chi connectivity index (χ3v) is 7.15. The third kappa shape index (κ3) is 4.61. The normalized spacial score (nSPS) is 11.3. The van der Waals surface area contributed by atoms with Crippen LogP contribution >= 0.6 is 11.3 Å². The summed E-state index contributed by atoms with van der Waals surface area (Å²) in [6, 6.07) is 18.8. The number of sulfonamides is 1. The smallest absolute Gasteiger partial charge is 0.270 e. The number of thiophene rings is 1. The summed E-state index contributed by atoms with van der Waals surface area (Å²) in [5.41, 5.74) is 1.61. The van der Waals surface area contributed by atoms with Crippen LogP contribution in [-0.2, 0) is 10.0 Å². The van der Waals surface area contributed by atoms with Gasteiger partial charge in [-0.15, -0.1) is 11.3 Å². The number of carbonyl (C=O) groups is 1. The van der Waals surface area contributed by atoms with Crippen molar-refractivity contribution in [3.63, 3.8) is 0 Å². The van der Waals surface area contributed by atoms with E-state index in [4.69, 9.17) is 0 Å². The van der Waals surface area contributed by atoms with Gasteiger partial charge in [-0.1, -0.05) is 23.8 Å². The highest BCUT2D eigenvalue weighted by atomic mass is 32.2. The number of nitrogens with zero attached hydrogens (tertiary/aromatic N) is 1. The lowest BCUT2D eigenvalue weighted by atomic mass is 10.2. The van der Waals surface area contributed by atoms with Crippen LogP contribution in [0, 0.1) is 17.0 Å². The molecule has 2 N–H and O–H groups in total. The van der Waals surface area contributed by atoms with Crippen molar-refractivity contribution in [3.05, 3.63) is 93.4 Å². The molecule has 32 heavy (non-hydrogen) atoms. The van der Waals surface area contributed by atoms with Crippen molar-refractivity contribution < 1.29 is 18.1 Å². The Labute approximate surface area is 187 Å². The predicted octanol–water partition coefficient (Wildman–Crippen LogP) is 5.17. The van der Waals surface area contributed by atoms with Crippen molar-refractivity contribution in [1.82, 2.24) is 0 Å². The molecule has 0 fully saturated rings. The number of carbonyl (C=O) groups excluding carboxylic acids is 1. The fourth-order valence-corrected chi connectivity index (χ4v) is 5.03. The van der Waals surface area contributed by atoms with Gasteiger partial charge in [-0.25, -0.2) is 8.42 Å². The minimum Gasteiger partial charge on any atom is -0.321 e. The summed E-state index contributed by atoms with van der Waals surface area (Å²) in [5.74, 6) is -0.396. The van der Waals surface area contributed by atoms with Gasteiger partial charge in [-0.3, -0.25) is 19.6 Å². The first-order valence-corrected chi connectivity index (χ1v) is 11.7. The highest BCUT2D eigenvalue weighted by molar-refractivity contribution is 7.92. The molecular weight excluding hydrogens is 450 g/mol. The van der Waals surface area contributed by atoms with E-state index in [2.05, 4.69) is 10.0 Å². The first kappa shape index (κ1) is 21.5. The van der Waals surface area contributed by atoms with E-state index in [1.807, 2.05) is 6.92 Å². The second-order valence-corrected chi connectivity index (χ2v) is 9.81. The maximum absolute atomic E-state index is 12.7. The van der Waals surface area contributed by atoms with Gasteiger partial charge in [0.2, 0.25) is 0 Å². The van der Waals surface area contributed by atoms with Crippen LogP contribution in [-0.4, -0.2) is 19.2 Å². The maximum atomic E-state index is 12.7. The Morgan fingerprint density at radius 2 is 1.69 bits per heavy atom. The molecule has 1 aromatic heterocycles. The molecule has 3 aromatic carbocycles. The molecule has 10 heteroatoms. The van der Waals surface area contributed by atoms with Crippen LogP contribution in [0.1, 0.15) is 15.2 Å². The van der Waals surface area contributed by atoms with E-state index in [0.717, 1.165) is 10.3 Å². The van der Waals surface area contributed by atoms with Crippen LogP contribution in [0.15, 0.2) is 77.7 Å². The second kappa shape index (κ2) is 8.40. The number of non-ortho nitro benzene ring substituents is 1. The zero-order chi connectivity index (χ0) is 22.9. The van der Waals surface area contributed by atoms with Gasteiger partial charge in [0.1, 0.15) is 0 Å². The average molecular weight is 468 g/mol. The second-order valence-electron chi connectivity index (χ2n) is 7.04. The van der Waals surface area contributed by atoms with Gasteiger partial charge in [-0.05, 0) is 49.4 Å². The standard InChI is InChI=1S/C22H17N3O5S2/c1-14-5-8-19(9-6-14)32(29,30)24-17-4-2-3-16(13-17)23-22(26)21-12-15-11-18(25(27)28)7-10-20(15)31-21/h2-13,24H,1H3,(H,23,26). The van der Waals surface area contributed by atoms with Gasteiger partial charge in [0.25, 0.3) is 21.6 Å². The first-order valence-electron chi connectivity index (χ1n) is 9.40. The summed E-state index contributed by atoms with van der Waals surface area (Å²) in [6.45, 7) is 1.87. The SMILES string of the molecule is Cc1ccc(S(=O)(=O)Nc2cccc(NC(=O)c3cc4cc([N+](=O)[O-])ccc4s3)c2)cc1. The molecule has 8 nitrogen and oxygen atoms in total. The minimum atomic E-state index is -3.77. The molecule has 1 heterocycles. The highest BCUT2D eigenvalue weighted by Crippen LogP contribution is 2.30. The van der Waals surface area contributed by atoms with E-state index >= 15 is 0 Å². The van der Waals surface area contributed by atoms with Gasteiger partial charge < -0.3 is 5.32 Å². The number of nitro groups is 1. The maximum Gasteiger partial charge on any atom is 0.270 e. The number of nitro benzene ring substituents is 1. The van der Waals surface area contributed by atoms with Crippen molar-refractivity contribution in [2.24, 2.45) is 0 Å². The highest BCUT2D eigenvalue weighted by Gasteiger charge is 2.16. The molecule has 0 spiro atoms. The van der Waals surface area contributed by atoms with Crippen LogP contribution in [0.25, 0.3) is 10.1 Å².